The molecular weight excluding hydrogens is 251 g/mol. The zero-order valence-electron chi connectivity index (χ0n) is 10.8. The molecule has 1 aliphatic rings. The number of hydrogen-bond acceptors (Lipinski definition) is 1. The second kappa shape index (κ2) is 5.58. The smallest absolute Gasteiger partial charge is 0.126 e. The van der Waals surface area contributed by atoms with E-state index in [0.717, 1.165) is 31.6 Å². The molecule has 0 heterocycles. The fraction of sp³-hybridized carbons (Fsp3) is 0.600. The van der Waals surface area contributed by atoms with Gasteiger partial charge in [-0.25, -0.2) is 4.39 Å². The van der Waals surface area contributed by atoms with Gasteiger partial charge in [0.25, 0.3) is 0 Å². The Labute approximate surface area is 113 Å². The van der Waals surface area contributed by atoms with Gasteiger partial charge in [-0.3, -0.25) is 0 Å². The van der Waals surface area contributed by atoms with Gasteiger partial charge in [0.1, 0.15) is 5.82 Å². The van der Waals surface area contributed by atoms with Gasteiger partial charge in [-0.1, -0.05) is 24.9 Å². The quantitative estimate of drug-likeness (QED) is 0.866. The maximum Gasteiger partial charge on any atom is 0.126 e. The average Bonchev–Trinajstić information content (AvgIpc) is 2.35. The van der Waals surface area contributed by atoms with Crippen LogP contribution in [0.15, 0.2) is 18.2 Å². The van der Waals surface area contributed by atoms with Crippen molar-refractivity contribution in [1.29, 1.82) is 0 Å². The molecule has 3 heteroatoms. The number of benzene rings is 1. The van der Waals surface area contributed by atoms with Crippen molar-refractivity contribution >= 4 is 11.6 Å². The highest BCUT2D eigenvalue weighted by Crippen LogP contribution is 2.36. The van der Waals surface area contributed by atoms with Gasteiger partial charge in [-0.2, -0.15) is 0 Å². The largest absolute Gasteiger partial charge is 0.390 e. The lowest BCUT2D eigenvalue weighted by molar-refractivity contribution is -0.00984. The summed E-state index contributed by atoms with van der Waals surface area (Å²) < 4.78 is 13.7. The van der Waals surface area contributed by atoms with Crippen LogP contribution >= 0.6 is 11.6 Å². The molecule has 0 bridgehead atoms. The maximum absolute atomic E-state index is 13.7. The van der Waals surface area contributed by atoms with E-state index in [0.29, 0.717) is 17.0 Å². The highest BCUT2D eigenvalue weighted by atomic mass is 35.5. The molecule has 0 amide bonds. The molecule has 1 saturated carbocycles. The molecule has 0 spiro atoms. The van der Waals surface area contributed by atoms with Gasteiger partial charge in [0, 0.05) is 11.4 Å². The summed E-state index contributed by atoms with van der Waals surface area (Å²) in [5, 5.41) is 11.1. The molecule has 100 valence electrons. The molecule has 0 saturated heterocycles. The molecule has 0 atom stereocenters. The normalized spacial score (nSPS) is 28.3. The van der Waals surface area contributed by atoms with E-state index in [1.54, 1.807) is 12.1 Å². The topological polar surface area (TPSA) is 20.2 Å². The van der Waals surface area contributed by atoms with Crippen molar-refractivity contribution in [3.8, 4) is 0 Å². The SMILES string of the molecule is CCC1CCC(O)(Cc2cc(Cl)ccc2F)CC1. The first-order valence-electron chi connectivity index (χ1n) is 6.69. The minimum Gasteiger partial charge on any atom is -0.390 e. The Balaban J connectivity index is 2.06. The van der Waals surface area contributed by atoms with Crippen molar-refractivity contribution in [3.05, 3.63) is 34.6 Å². The van der Waals surface area contributed by atoms with Crippen molar-refractivity contribution in [2.45, 2.75) is 51.0 Å². The molecule has 1 nitrogen and oxygen atoms in total. The Kier molecular flexibility index (Phi) is 4.29. The first-order valence-corrected chi connectivity index (χ1v) is 7.06. The summed E-state index contributed by atoms with van der Waals surface area (Å²) in [5.41, 5.74) is -0.225. The Morgan fingerprint density at radius 1 is 1.39 bits per heavy atom. The predicted octanol–water partition coefficient (Wildman–Crippen LogP) is 4.35. The monoisotopic (exact) mass is 270 g/mol. The van der Waals surface area contributed by atoms with Gasteiger partial charge in [0.2, 0.25) is 0 Å². The van der Waals surface area contributed by atoms with Crippen LogP contribution in [0.2, 0.25) is 5.02 Å². The van der Waals surface area contributed by atoms with Crippen LogP contribution in [0.3, 0.4) is 0 Å². The first-order chi connectivity index (χ1) is 8.52. The Morgan fingerprint density at radius 2 is 2.06 bits per heavy atom. The van der Waals surface area contributed by atoms with Crippen LogP contribution in [0.5, 0.6) is 0 Å². The van der Waals surface area contributed by atoms with E-state index < -0.39 is 5.60 Å². The number of halogens is 2. The highest BCUT2D eigenvalue weighted by molar-refractivity contribution is 6.30. The van der Waals surface area contributed by atoms with Gasteiger partial charge >= 0.3 is 0 Å². The molecule has 0 radical (unpaired) electrons. The molecule has 0 aromatic heterocycles. The molecule has 1 aliphatic carbocycles. The van der Waals surface area contributed by atoms with Gasteiger partial charge < -0.3 is 5.11 Å². The average molecular weight is 271 g/mol. The lowest BCUT2D eigenvalue weighted by Gasteiger charge is -2.36. The summed E-state index contributed by atoms with van der Waals surface area (Å²) in [6.45, 7) is 2.19. The van der Waals surface area contributed by atoms with Crippen LogP contribution in [-0.4, -0.2) is 10.7 Å². The zero-order chi connectivity index (χ0) is 13.2. The third-order valence-electron chi connectivity index (χ3n) is 4.14. The number of hydrogen-bond donors (Lipinski definition) is 1. The molecule has 0 aliphatic heterocycles. The Bertz CT molecular complexity index is 411. The van der Waals surface area contributed by atoms with E-state index in [4.69, 9.17) is 11.6 Å². The van der Waals surface area contributed by atoms with Crippen LogP contribution in [0.4, 0.5) is 4.39 Å². The summed E-state index contributed by atoms with van der Waals surface area (Å²) in [7, 11) is 0. The molecule has 2 rings (SSSR count). The summed E-state index contributed by atoms with van der Waals surface area (Å²) in [6.07, 6.45) is 5.14. The van der Waals surface area contributed by atoms with E-state index in [1.165, 1.54) is 12.5 Å². The first kappa shape index (κ1) is 13.8. The minimum absolute atomic E-state index is 0.273. The molecular formula is C15H20ClFO. The lowest BCUT2D eigenvalue weighted by atomic mass is 9.75. The van der Waals surface area contributed by atoms with Crippen molar-refractivity contribution in [1.82, 2.24) is 0 Å². The lowest BCUT2D eigenvalue weighted by Crippen LogP contribution is -2.36. The van der Waals surface area contributed by atoms with E-state index >= 15 is 0 Å². The predicted molar refractivity (Wildman–Crippen MR) is 72.3 cm³/mol. The molecule has 1 N–H and O–H groups in total. The fourth-order valence-corrected chi connectivity index (χ4v) is 3.03. The van der Waals surface area contributed by atoms with E-state index in [1.807, 2.05) is 0 Å². The summed E-state index contributed by atoms with van der Waals surface area (Å²) in [5.74, 6) is 0.444. The minimum atomic E-state index is -0.753. The van der Waals surface area contributed by atoms with E-state index in [-0.39, 0.29) is 5.82 Å². The van der Waals surface area contributed by atoms with Crippen LogP contribution in [-0.2, 0) is 6.42 Å². The van der Waals surface area contributed by atoms with E-state index in [9.17, 15) is 9.50 Å². The van der Waals surface area contributed by atoms with Gasteiger partial charge in [0.05, 0.1) is 5.60 Å². The van der Waals surface area contributed by atoms with Crippen molar-refractivity contribution in [2.75, 3.05) is 0 Å². The van der Waals surface area contributed by atoms with Gasteiger partial charge in [0.15, 0.2) is 0 Å². The fourth-order valence-electron chi connectivity index (χ4n) is 2.83. The third kappa shape index (κ3) is 3.24. The van der Waals surface area contributed by atoms with Crippen LogP contribution in [0, 0.1) is 11.7 Å². The maximum atomic E-state index is 13.7. The Morgan fingerprint density at radius 3 is 2.67 bits per heavy atom. The molecule has 1 aromatic rings. The second-order valence-electron chi connectivity index (χ2n) is 5.49. The van der Waals surface area contributed by atoms with Crippen molar-refractivity contribution in [3.63, 3.8) is 0 Å². The van der Waals surface area contributed by atoms with Crippen LogP contribution < -0.4 is 0 Å². The highest BCUT2D eigenvalue weighted by Gasteiger charge is 2.33. The number of rotatable bonds is 3. The van der Waals surface area contributed by atoms with Crippen LogP contribution in [0.1, 0.15) is 44.6 Å². The third-order valence-corrected chi connectivity index (χ3v) is 4.38. The molecule has 0 unspecified atom stereocenters. The summed E-state index contributed by atoms with van der Waals surface area (Å²) in [4.78, 5) is 0. The van der Waals surface area contributed by atoms with E-state index in [2.05, 4.69) is 6.92 Å². The second-order valence-corrected chi connectivity index (χ2v) is 5.92. The summed E-state index contributed by atoms with van der Waals surface area (Å²) in [6, 6.07) is 4.54. The van der Waals surface area contributed by atoms with Crippen molar-refractivity contribution < 1.29 is 9.50 Å². The summed E-state index contributed by atoms with van der Waals surface area (Å²) >= 11 is 5.88. The van der Waals surface area contributed by atoms with Gasteiger partial charge in [-0.05, 0) is 55.4 Å². The molecule has 1 fully saturated rings. The van der Waals surface area contributed by atoms with Gasteiger partial charge in [-0.15, -0.1) is 0 Å². The zero-order valence-corrected chi connectivity index (χ0v) is 11.5. The molecule has 18 heavy (non-hydrogen) atoms. The number of aliphatic hydroxyl groups is 1. The van der Waals surface area contributed by atoms with Crippen LogP contribution in [0.25, 0.3) is 0 Å². The standard InChI is InChI=1S/C15H20ClFO/c1-2-11-5-7-15(18,8-6-11)10-12-9-13(16)3-4-14(12)17/h3-4,9,11,18H,2,5-8,10H2,1H3. The Hall–Kier alpha value is -0.600. The molecule has 1 aromatic carbocycles. The van der Waals surface area contributed by atoms with Crippen molar-refractivity contribution in [2.24, 2.45) is 5.92 Å².